The van der Waals surface area contributed by atoms with E-state index in [2.05, 4.69) is 14.7 Å². The fourth-order valence-corrected chi connectivity index (χ4v) is 6.47. The molecule has 1 saturated heterocycles. The first kappa shape index (κ1) is 31.2. The van der Waals surface area contributed by atoms with E-state index >= 15 is 0 Å². The highest BCUT2D eigenvalue weighted by Crippen LogP contribution is 2.31. The van der Waals surface area contributed by atoms with E-state index in [0.29, 0.717) is 5.69 Å². The van der Waals surface area contributed by atoms with Crippen LogP contribution in [-0.2, 0) is 14.8 Å². The van der Waals surface area contributed by atoms with Crippen LogP contribution in [0.15, 0.2) is 53.4 Å². The number of hydrogen-bond acceptors (Lipinski definition) is 9. The number of aliphatic hydroxyl groups is 1. The van der Waals surface area contributed by atoms with Crippen molar-refractivity contribution in [3.05, 3.63) is 65.2 Å². The Hall–Kier alpha value is -4.23. The molecule has 2 N–H and O–H groups in total. The number of aromatic nitrogens is 2. The fraction of sp³-hybridized carbons (Fsp3) is 0.419. The van der Waals surface area contributed by atoms with E-state index in [1.54, 1.807) is 26.8 Å². The van der Waals surface area contributed by atoms with Crippen LogP contribution in [0, 0.1) is 13.8 Å². The standard InChI is InChI=1S/C31H37N5O7S/c1-19-8-6-9-20(2)27(19)25-15-26-33-29(32-25)34-44(40,41)24-11-7-10-21(14-24)28(38)36-18-23(42-26)17-35(16-22(36)12-13-37)30(39)43-31(3,4)5/h6-11,14-15,22-23,37H,12-13,16-18H2,1-5H3,(H,32,33,34). The van der Waals surface area contributed by atoms with Gasteiger partial charge in [0.15, 0.2) is 0 Å². The molecule has 1 fully saturated rings. The number of anilines is 1. The number of aryl methyl sites for hydroxylation is 2. The lowest BCUT2D eigenvalue weighted by atomic mass is 10.00. The van der Waals surface area contributed by atoms with Gasteiger partial charge in [0.05, 0.1) is 29.7 Å². The molecule has 2 amide bonds. The van der Waals surface area contributed by atoms with E-state index in [1.165, 1.54) is 34.1 Å². The zero-order valence-electron chi connectivity index (χ0n) is 25.4. The summed E-state index contributed by atoms with van der Waals surface area (Å²) in [6, 6.07) is 12.5. The normalized spacial score (nSPS) is 19.8. The molecule has 0 saturated carbocycles. The van der Waals surface area contributed by atoms with Crippen LogP contribution in [0.25, 0.3) is 11.3 Å². The first-order valence-electron chi connectivity index (χ1n) is 14.4. The molecule has 0 aliphatic carbocycles. The molecule has 2 aromatic carbocycles. The maximum absolute atomic E-state index is 14.0. The Morgan fingerprint density at radius 3 is 2.45 bits per heavy atom. The monoisotopic (exact) mass is 623 g/mol. The summed E-state index contributed by atoms with van der Waals surface area (Å²) < 4.78 is 41.5. The average molecular weight is 624 g/mol. The molecule has 2 aliphatic heterocycles. The summed E-state index contributed by atoms with van der Waals surface area (Å²) in [5.74, 6) is -0.611. The topological polar surface area (TPSA) is 151 Å². The third kappa shape index (κ3) is 6.78. The molecule has 44 heavy (non-hydrogen) atoms. The zero-order valence-corrected chi connectivity index (χ0v) is 26.2. The van der Waals surface area contributed by atoms with Crippen LogP contribution < -0.4 is 9.46 Å². The summed E-state index contributed by atoms with van der Waals surface area (Å²) in [7, 11) is -4.20. The highest BCUT2D eigenvalue weighted by Gasteiger charge is 2.38. The van der Waals surface area contributed by atoms with Gasteiger partial charge in [0, 0.05) is 30.3 Å². The Bertz CT molecular complexity index is 1670. The van der Waals surface area contributed by atoms with E-state index in [9.17, 15) is 23.1 Å². The van der Waals surface area contributed by atoms with E-state index in [0.717, 1.165) is 16.7 Å². The summed E-state index contributed by atoms with van der Waals surface area (Å²) in [6.07, 6.45) is -1.20. The lowest BCUT2D eigenvalue weighted by Gasteiger charge is -2.32. The number of rotatable bonds is 3. The Morgan fingerprint density at radius 1 is 1.07 bits per heavy atom. The Labute approximate surface area is 257 Å². The van der Waals surface area contributed by atoms with Crippen LogP contribution >= 0.6 is 0 Å². The Kier molecular flexibility index (Phi) is 8.54. The highest BCUT2D eigenvalue weighted by atomic mass is 32.2. The number of nitrogens with zero attached hydrogens (tertiary/aromatic N) is 4. The molecule has 2 unspecified atom stereocenters. The number of amides is 2. The molecule has 2 aliphatic rings. The average Bonchev–Trinajstić information content (AvgIpc) is 3.10. The number of carbonyl (C=O) groups excluding carboxylic acids is 2. The third-order valence-electron chi connectivity index (χ3n) is 7.42. The van der Waals surface area contributed by atoms with Gasteiger partial charge in [0.2, 0.25) is 11.8 Å². The molecule has 12 nitrogen and oxygen atoms in total. The molecule has 13 heteroatoms. The summed E-state index contributed by atoms with van der Waals surface area (Å²) in [5, 5.41) is 9.93. The van der Waals surface area contributed by atoms with Crippen LogP contribution in [0.1, 0.15) is 48.7 Å². The lowest BCUT2D eigenvalue weighted by Crippen LogP contribution is -2.47. The second-order valence-electron chi connectivity index (χ2n) is 12.1. The molecule has 1 aromatic heterocycles. The predicted molar refractivity (Wildman–Crippen MR) is 163 cm³/mol. The molecule has 2 atom stereocenters. The van der Waals surface area contributed by atoms with Crippen molar-refractivity contribution in [2.75, 3.05) is 31.0 Å². The number of sulfonamides is 1. The van der Waals surface area contributed by atoms with Crippen LogP contribution in [-0.4, -0.2) is 89.3 Å². The SMILES string of the molecule is Cc1cccc(C)c1-c1cc2nc(n1)NS(=O)(=O)c1cccc(c1)C(=O)N1CC(CN(C(=O)OC(C)(C)C)CC1CCO)O2. The molecule has 3 aromatic rings. The van der Waals surface area contributed by atoms with Crippen LogP contribution in [0.5, 0.6) is 5.88 Å². The van der Waals surface area contributed by atoms with Crippen LogP contribution in [0.2, 0.25) is 0 Å². The predicted octanol–water partition coefficient (Wildman–Crippen LogP) is 3.77. The highest BCUT2D eigenvalue weighted by molar-refractivity contribution is 7.92. The van der Waals surface area contributed by atoms with E-state index in [1.807, 2.05) is 32.0 Å². The number of fused-ring (bicyclic) bond motifs is 6. The van der Waals surface area contributed by atoms with Crippen molar-refractivity contribution >= 4 is 28.0 Å². The summed E-state index contributed by atoms with van der Waals surface area (Å²) in [6.45, 7) is 9.06. The van der Waals surface area contributed by atoms with E-state index in [-0.39, 0.29) is 54.9 Å². The summed E-state index contributed by atoms with van der Waals surface area (Å²) in [4.78, 5) is 39.1. The van der Waals surface area contributed by atoms with Crippen molar-refractivity contribution in [2.45, 2.75) is 63.7 Å². The minimum Gasteiger partial charge on any atom is -0.470 e. The van der Waals surface area contributed by atoms with Gasteiger partial charge in [-0.3, -0.25) is 4.79 Å². The first-order chi connectivity index (χ1) is 20.7. The Balaban J connectivity index is 1.68. The number of nitrogens with one attached hydrogen (secondary N) is 1. The maximum Gasteiger partial charge on any atom is 0.410 e. The summed E-state index contributed by atoms with van der Waals surface area (Å²) in [5.41, 5.74) is 2.44. The third-order valence-corrected chi connectivity index (χ3v) is 8.74. The molecular weight excluding hydrogens is 586 g/mol. The number of carbonyl (C=O) groups is 2. The van der Waals surface area contributed by atoms with E-state index < -0.39 is 39.8 Å². The molecule has 6 bridgehead atoms. The van der Waals surface area contributed by atoms with Gasteiger partial charge in [-0.1, -0.05) is 24.3 Å². The van der Waals surface area contributed by atoms with Crippen molar-refractivity contribution in [1.29, 1.82) is 0 Å². The molecule has 5 rings (SSSR count). The number of aliphatic hydroxyl groups excluding tert-OH is 1. The second-order valence-corrected chi connectivity index (χ2v) is 13.7. The quantitative estimate of drug-likeness (QED) is 0.444. The Morgan fingerprint density at radius 2 is 1.77 bits per heavy atom. The maximum atomic E-state index is 14.0. The van der Waals surface area contributed by atoms with E-state index in [4.69, 9.17) is 9.47 Å². The van der Waals surface area contributed by atoms with Crippen molar-refractivity contribution in [2.24, 2.45) is 0 Å². The fourth-order valence-electron chi connectivity index (χ4n) is 5.48. The molecule has 0 radical (unpaired) electrons. The van der Waals surface area contributed by atoms with Gasteiger partial charge in [-0.15, -0.1) is 0 Å². The van der Waals surface area contributed by atoms with Gasteiger partial charge >= 0.3 is 6.09 Å². The van der Waals surface area contributed by atoms with Crippen molar-refractivity contribution in [3.63, 3.8) is 0 Å². The largest absolute Gasteiger partial charge is 0.470 e. The molecular formula is C31H37N5O7S. The minimum atomic E-state index is -4.20. The lowest BCUT2D eigenvalue weighted by molar-refractivity contribution is 0.0181. The van der Waals surface area contributed by atoms with Gasteiger partial charge in [-0.05, 0) is 70.4 Å². The molecule has 3 heterocycles. The first-order valence-corrected chi connectivity index (χ1v) is 15.9. The number of ether oxygens (including phenoxy) is 2. The number of benzene rings is 2. The smallest absolute Gasteiger partial charge is 0.410 e. The van der Waals surface area contributed by atoms with Gasteiger partial charge in [-0.2, -0.15) is 4.98 Å². The molecule has 234 valence electrons. The zero-order chi connectivity index (χ0) is 31.8. The molecule has 0 spiro atoms. The van der Waals surface area contributed by atoms with Crippen LogP contribution in [0.3, 0.4) is 0 Å². The van der Waals surface area contributed by atoms with Gasteiger partial charge in [0.25, 0.3) is 15.9 Å². The van der Waals surface area contributed by atoms with Crippen molar-refractivity contribution in [3.8, 4) is 17.1 Å². The van der Waals surface area contributed by atoms with Gasteiger partial charge in [0.1, 0.15) is 11.7 Å². The van der Waals surface area contributed by atoms with Gasteiger partial charge in [-0.25, -0.2) is 22.9 Å². The second kappa shape index (κ2) is 12.0. The minimum absolute atomic E-state index is 0.0330. The summed E-state index contributed by atoms with van der Waals surface area (Å²) >= 11 is 0. The van der Waals surface area contributed by atoms with Gasteiger partial charge < -0.3 is 24.4 Å². The van der Waals surface area contributed by atoms with Crippen LogP contribution in [0.4, 0.5) is 10.7 Å². The van der Waals surface area contributed by atoms with Crippen molar-refractivity contribution < 1.29 is 32.6 Å². The van der Waals surface area contributed by atoms with Crippen molar-refractivity contribution in [1.82, 2.24) is 19.8 Å². The number of hydrogen-bond donors (Lipinski definition) is 2.